The molecule has 1 amide bonds. The van der Waals surface area contributed by atoms with E-state index in [0.717, 1.165) is 6.42 Å². The molecule has 2 heteroatoms. The number of rotatable bonds is 2. The van der Waals surface area contributed by atoms with Crippen molar-refractivity contribution in [2.24, 2.45) is 5.73 Å². The number of amides is 1. The Labute approximate surface area is 105 Å². The molecular formula is C15H25NO. The highest BCUT2D eigenvalue weighted by atomic mass is 16.1. The molecule has 0 spiro atoms. The number of hydrogen-bond donors (Lipinski definition) is 1. The smallest absolute Gasteiger partial charge is 0.217 e. The maximum Gasteiger partial charge on any atom is 0.217 e. The number of nitrogens with two attached hydrogens (primary N) is 1. The highest BCUT2D eigenvalue weighted by Crippen LogP contribution is 2.20. The van der Waals surface area contributed by atoms with Gasteiger partial charge in [0.2, 0.25) is 5.91 Å². The molecule has 0 bridgehead atoms. The summed E-state index contributed by atoms with van der Waals surface area (Å²) in [6.07, 6.45) is 5.33. The van der Waals surface area contributed by atoms with Crippen LogP contribution in [-0.4, -0.2) is 5.91 Å². The van der Waals surface area contributed by atoms with E-state index in [1.54, 1.807) is 11.1 Å². The van der Waals surface area contributed by atoms with Crippen LogP contribution in [0.1, 0.15) is 51.2 Å². The normalized spacial score (nSPS) is 11.5. The van der Waals surface area contributed by atoms with Crippen molar-refractivity contribution in [3.8, 4) is 0 Å². The first-order valence-electron chi connectivity index (χ1n) is 6.59. The molecule has 0 radical (unpaired) electrons. The Bertz CT molecular complexity index is 297. The zero-order chi connectivity index (χ0) is 13.1. The second kappa shape index (κ2) is 9.88. The van der Waals surface area contributed by atoms with Crippen LogP contribution in [0.2, 0.25) is 0 Å². The zero-order valence-corrected chi connectivity index (χ0v) is 11.3. The van der Waals surface area contributed by atoms with Gasteiger partial charge in [-0.15, -0.1) is 0 Å². The summed E-state index contributed by atoms with van der Waals surface area (Å²) in [5.74, 6) is -0.211. The highest BCUT2D eigenvalue weighted by molar-refractivity contribution is 5.73. The van der Waals surface area contributed by atoms with E-state index in [1.165, 1.54) is 19.3 Å². The Hall–Kier alpha value is -1.31. The van der Waals surface area contributed by atoms with Gasteiger partial charge in [-0.1, -0.05) is 45.0 Å². The Kier molecular flexibility index (Phi) is 9.12. The Balaban J connectivity index is 0.000000283. The number of benzene rings is 1. The molecule has 2 rings (SSSR count). The Morgan fingerprint density at radius 2 is 1.65 bits per heavy atom. The molecule has 1 aromatic rings. The Morgan fingerprint density at radius 3 is 1.94 bits per heavy atom. The van der Waals surface area contributed by atoms with E-state index in [1.807, 2.05) is 20.8 Å². The summed E-state index contributed by atoms with van der Waals surface area (Å²) in [5, 5.41) is 0. The predicted octanol–water partition coefficient (Wildman–Crippen LogP) is 3.47. The highest BCUT2D eigenvalue weighted by Gasteiger charge is 2.07. The van der Waals surface area contributed by atoms with E-state index in [9.17, 15) is 4.79 Å². The van der Waals surface area contributed by atoms with Gasteiger partial charge in [0.05, 0.1) is 0 Å². The second-order valence-electron chi connectivity index (χ2n) is 3.84. The third-order valence-electron chi connectivity index (χ3n) is 2.51. The van der Waals surface area contributed by atoms with Crippen molar-refractivity contribution in [3.63, 3.8) is 0 Å². The molecule has 0 atom stereocenters. The first-order chi connectivity index (χ1) is 8.24. The second-order valence-corrected chi connectivity index (χ2v) is 3.84. The molecule has 2 N–H and O–H groups in total. The van der Waals surface area contributed by atoms with Gasteiger partial charge < -0.3 is 5.73 Å². The van der Waals surface area contributed by atoms with E-state index in [4.69, 9.17) is 5.73 Å². The average Bonchev–Trinajstić information content (AvgIpc) is 2.80. The third kappa shape index (κ3) is 6.77. The maximum absolute atomic E-state index is 9.82. The summed E-state index contributed by atoms with van der Waals surface area (Å²) in [7, 11) is 0. The maximum atomic E-state index is 9.82. The van der Waals surface area contributed by atoms with Crippen LogP contribution in [0.15, 0.2) is 24.3 Å². The number of carbonyl (C=O) groups excluding carboxylic acids is 1. The van der Waals surface area contributed by atoms with Crippen molar-refractivity contribution in [2.45, 2.75) is 52.9 Å². The minimum Gasteiger partial charge on any atom is -0.370 e. The van der Waals surface area contributed by atoms with Gasteiger partial charge in [-0.3, -0.25) is 4.79 Å². The largest absolute Gasteiger partial charge is 0.370 e. The zero-order valence-electron chi connectivity index (χ0n) is 11.3. The lowest BCUT2D eigenvalue weighted by Crippen LogP contribution is -2.08. The van der Waals surface area contributed by atoms with E-state index >= 15 is 0 Å². The predicted molar refractivity (Wildman–Crippen MR) is 73.9 cm³/mol. The van der Waals surface area contributed by atoms with Gasteiger partial charge in [0.1, 0.15) is 0 Å². The molecule has 1 aliphatic carbocycles. The van der Waals surface area contributed by atoms with Crippen LogP contribution < -0.4 is 5.73 Å². The van der Waals surface area contributed by atoms with E-state index in [2.05, 4.69) is 24.3 Å². The fourth-order valence-electron chi connectivity index (χ4n) is 1.76. The minimum absolute atomic E-state index is 0.211. The standard InChI is InChI=1S/C9H10.C4H9NO.C2H6/c1-2-5-9-7-3-6-8(9)4-1;1-2-3-4(5)6;1-2/h1-2,4-5H,3,6-7H2;2-3H2,1H3,(H2,5,6);1-2H3. The van der Waals surface area contributed by atoms with Crippen LogP contribution in [-0.2, 0) is 17.6 Å². The van der Waals surface area contributed by atoms with E-state index < -0.39 is 0 Å². The molecule has 0 fully saturated rings. The van der Waals surface area contributed by atoms with Crippen molar-refractivity contribution in [2.75, 3.05) is 0 Å². The van der Waals surface area contributed by atoms with Crippen LogP contribution in [0.3, 0.4) is 0 Å². The van der Waals surface area contributed by atoms with E-state index in [0.29, 0.717) is 6.42 Å². The lowest BCUT2D eigenvalue weighted by molar-refractivity contribution is -0.118. The van der Waals surface area contributed by atoms with Crippen molar-refractivity contribution < 1.29 is 4.79 Å². The van der Waals surface area contributed by atoms with Gasteiger partial charge >= 0.3 is 0 Å². The van der Waals surface area contributed by atoms with Crippen LogP contribution in [0.5, 0.6) is 0 Å². The number of primary amides is 1. The van der Waals surface area contributed by atoms with Gasteiger partial charge in [0, 0.05) is 6.42 Å². The van der Waals surface area contributed by atoms with Crippen LogP contribution in [0.25, 0.3) is 0 Å². The molecule has 2 nitrogen and oxygen atoms in total. The molecule has 1 aliphatic rings. The summed E-state index contributed by atoms with van der Waals surface area (Å²) in [4.78, 5) is 9.82. The first-order valence-corrected chi connectivity index (χ1v) is 6.59. The average molecular weight is 235 g/mol. The van der Waals surface area contributed by atoms with Crippen molar-refractivity contribution in [1.82, 2.24) is 0 Å². The fourth-order valence-corrected chi connectivity index (χ4v) is 1.76. The van der Waals surface area contributed by atoms with Crippen molar-refractivity contribution in [3.05, 3.63) is 35.4 Å². The lowest BCUT2D eigenvalue weighted by atomic mass is 10.1. The number of fused-ring (bicyclic) bond motifs is 1. The summed E-state index contributed by atoms with van der Waals surface area (Å²) in [5.41, 5.74) is 7.90. The molecule has 0 aromatic heterocycles. The number of hydrogen-bond acceptors (Lipinski definition) is 1. The molecular weight excluding hydrogens is 210 g/mol. The molecule has 0 unspecified atom stereocenters. The molecule has 0 aliphatic heterocycles. The lowest BCUT2D eigenvalue weighted by Gasteiger charge is -1.93. The third-order valence-corrected chi connectivity index (χ3v) is 2.51. The molecule has 0 heterocycles. The van der Waals surface area contributed by atoms with Crippen molar-refractivity contribution >= 4 is 5.91 Å². The van der Waals surface area contributed by atoms with Gasteiger partial charge in [-0.05, 0) is 36.8 Å². The number of carbonyl (C=O) groups is 1. The topological polar surface area (TPSA) is 43.1 Å². The van der Waals surface area contributed by atoms with Gasteiger partial charge in [-0.2, -0.15) is 0 Å². The minimum atomic E-state index is -0.211. The quantitative estimate of drug-likeness (QED) is 0.838. The molecule has 17 heavy (non-hydrogen) atoms. The SMILES string of the molecule is CC.CCCC(N)=O.c1ccc2c(c1)CCC2. The summed E-state index contributed by atoms with van der Waals surface area (Å²) in [6, 6.07) is 8.74. The Morgan fingerprint density at radius 1 is 1.18 bits per heavy atom. The molecule has 96 valence electrons. The van der Waals surface area contributed by atoms with Crippen LogP contribution >= 0.6 is 0 Å². The summed E-state index contributed by atoms with van der Waals surface area (Å²) < 4.78 is 0. The summed E-state index contributed by atoms with van der Waals surface area (Å²) >= 11 is 0. The van der Waals surface area contributed by atoms with Crippen LogP contribution in [0.4, 0.5) is 0 Å². The molecule has 0 saturated carbocycles. The molecule has 1 aromatic carbocycles. The number of aryl methyl sites for hydroxylation is 2. The van der Waals surface area contributed by atoms with Crippen LogP contribution in [0, 0.1) is 0 Å². The van der Waals surface area contributed by atoms with Crippen molar-refractivity contribution in [1.29, 1.82) is 0 Å². The van der Waals surface area contributed by atoms with Gasteiger partial charge in [-0.25, -0.2) is 0 Å². The fraction of sp³-hybridized carbons (Fsp3) is 0.533. The monoisotopic (exact) mass is 235 g/mol. The summed E-state index contributed by atoms with van der Waals surface area (Å²) in [6.45, 7) is 5.92. The van der Waals surface area contributed by atoms with Gasteiger partial charge in [0.25, 0.3) is 0 Å². The van der Waals surface area contributed by atoms with E-state index in [-0.39, 0.29) is 5.91 Å². The molecule has 0 saturated heterocycles. The van der Waals surface area contributed by atoms with Gasteiger partial charge in [0.15, 0.2) is 0 Å². The first kappa shape index (κ1) is 15.7.